The predicted octanol–water partition coefficient (Wildman–Crippen LogP) is 1.85. The first-order valence-corrected chi connectivity index (χ1v) is 6.39. The number of carbonyl (C=O) groups excluding carboxylic acids is 1. The van der Waals surface area contributed by atoms with Crippen LogP contribution in [0.4, 0.5) is 0 Å². The highest BCUT2D eigenvalue weighted by molar-refractivity contribution is 5.92. The lowest BCUT2D eigenvalue weighted by atomic mass is 9.96. The fraction of sp³-hybridized carbons (Fsp3) is 0.769. The molecule has 0 aromatic carbocycles. The van der Waals surface area contributed by atoms with Crippen LogP contribution >= 0.6 is 0 Å². The van der Waals surface area contributed by atoms with Crippen molar-refractivity contribution >= 4 is 5.91 Å². The van der Waals surface area contributed by atoms with E-state index in [1.54, 1.807) is 0 Å². The molecule has 3 nitrogen and oxygen atoms in total. The van der Waals surface area contributed by atoms with Gasteiger partial charge in [0.15, 0.2) is 0 Å². The Kier molecular flexibility index (Phi) is 6.16. The third-order valence-electron chi connectivity index (χ3n) is 3.11. The molecule has 0 aromatic heterocycles. The summed E-state index contributed by atoms with van der Waals surface area (Å²) in [7, 11) is 0. The van der Waals surface area contributed by atoms with Crippen molar-refractivity contribution in [1.29, 1.82) is 0 Å². The van der Waals surface area contributed by atoms with Crippen LogP contribution in [0.3, 0.4) is 0 Å². The number of hydrogen-bond acceptors (Lipinski definition) is 2. The molecule has 2 N–H and O–H groups in total. The fourth-order valence-electron chi connectivity index (χ4n) is 2.10. The van der Waals surface area contributed by atoms with Crippen molar-refractivity contribution in [2.75, 3.05) is 19.6 Å². The normalized spacial score (nSPS) is 21.9. The lowest BCUT2D eigenvalue weighted by molar-refractivity contribution is -0.117. The van der Waals surface area contributed by atoms with E-state index < -0.39 is 0 Å². The van der Waals surface area contributed by atoms with Gasteiger partial charge in [0, 0.05) is 12.1 Å². The van der Waals surface area contributed by atoms with E-state index in [0.717, 1.165) is 44.0 Å². The van der Waals surface area contributed by atoms with Gasteiger partial charge in [0.25, 0.3) is 0 Å². The van der Waals surface area contributed by atoms with E-state index in [9.17, 15) is 4.79 Å². The number of allylic oxidation sites excluding steroid dienone is 1. The summed E-state index contributed by atoms with van der Waals surface area (Å²) in [5, 5.41) is 6.37. The van der Waals surface area contributed by atoms with Crippen molar-refractivity contribution in [2.24, 2.45) is 5.92 Å². The lowest BCUT2D eigenvalue weighted by Gasteiger charge is -2.22. The van der Waals surface area contributed by atoms with Crippen molar-refractivity contribution in [1.82, 2.24) is 10.6 Å². The molecule has 1 atom stereocenters. The molecule has 0 aromatic rings. The molecule has 1 aliphatic rings. The molecule has 1 saturated heterocycles. The number of hydrogen-bond donors (Lipinski definition) is 2. The van der Waals surface area contributed by atoms with Crippen LogP contribution in [-0.4, -0.2) is 25.5 Å². The summed E-state index contributed by atoms with van der Waals surface area (Å²) in [5.41, 5.74) is 0.837. The maximum atomic E-state index is 11.6. The van der Waals surface area contributed by atoms with E-state index in [-0.39, 0.29) is 5.91 Å². The fourth-order valence-corrected chi connectivity index (χ4v) is 2.10. The molecule has 1 rings (SSSR count). The van der Waals surface area contributed by atoms with E-state index >= 15 is 0 Å². The zero-order valence-corrected chi connectivity index (χ0v) is 10.5. The third-order valence-corrected chi connectivity index (χ3v) is 3.11. The Hall–Kier alpha value is -0.830. The molecular weight excluding hydrogens is 200 g/mol. The Balaban J connectivity index is 2.14. The van der Waals surface area contributed by atoms with Gasteiger partial charge in [0.05, 0.1) is 0 Å². The van der Waals surface area contributed by atoms with Gasteiger partial charge in [-0.05, 0) is 51.6 Å². The molecule has 1 fully saturated rings. The second kappa shape index (κ2) is 7.44. The van der Waals surface area contributed by atoms with Crippen LogP contribution in [0.15, 0.2) is 11.6 Å². The Morgan fingerprint density at radius 3 is 3.00 bits per heavy atom. The molecule has 0 aliphatic carbocycles. The Labute approximate surface area is 98.7 Å². The van der Waals surface area contributed by atoms with Crippen LogP contribution in [0.2, 0.25) is 0 Å². The first kappa shape index (κ1) is 13.2. The Bertz CT molecular complexity index is 242. The van der Waals surface area contributed by atoms with E-state index in [1.165, 1.54) is 12.8 Å². The zero-order chi connectivity index (χ0) is 11.8. The minimum Gasteiger partial charge on any atom is -0.352 e. The van der Waals surface area contributed by atoms with E-state index in [4.69, 9.17) is 0 Å². The highest BCUT2D eigenvalue weighted by Gasteiger charge is 2.12. The Morgan fingerprint density at radius 1 is 1.56 bits per heavy atom. The van der Waals surface area contributed by atoms with Gasteiger partial charge in [-0.3, -0.25) is 4.79 Å². The third kappa shape index (κ3) is 4.79. The van der Waals surface area contributed by atoms with Crippen molar-refractivity contribution < 1.29 is 4.79 Å². The van der Waals surface area contributed by atoms with Crippen LogP contribution < -0.4 is 10.6 Å². The predicted molar refractivity (Wildman–Crippen MR) is 67.3 cm³/mol. The first-order chi connectivity index (χ1) is 7.74. The minimum absolute atomic E-state index is 0.0885. The molecule has 0 spiro atoms. The van der Waals surface area contributed by atoms with Gasteiger partial charge >= 0.3 is 0 Å². The smallest absolute Gasteiger partial charge is 0.246 e. The van der Waals surface area contributed by atoms with Crippen molar-refractivity contribution in [3.8, 4) is 0 Å². The average Bonchev–Trinajstić information content (AvgIpc) is 2.30. The van der Waals surface area contributed by atoms with Gasteiger partial charge in [0.2, 0.25) is 5.91 Å². The zero-order valence-electron chi connectivity index (χ0n) is 10.5. The van der Waals surface area contributed by atoms with Crippen molar-refractivity contribution in [3.63, 3.8) is 0 Å². The van der Waals surface area contributed by atoms with Gasteiger partial charge in [-0.15, -0.1) is 0 Å². The number of nitrogens with one attached hydrogen (secondary N) is 2. The van der Waals surface area contributed by atoms with Crippen LogP contribution in [-0.2, 0) is 4.79 Å². The molecule has 92 valence electrons. The SMILES string of the molecule is CC/C=C(\C)C(=O)NCCC1CCCNC1. The number of piperidine rings is 1. The number of amides is 1. The van der Waals surface area contributed by atoms with E-state index in [1.807, 2.05) is 19.9 Å². The van der Waals surface area contributed by atoms with Crippen molar-refractivity contribution in [3.05, 3.63) is 11.6 Å². The van der Waals surface area contributed by atoms with Crippen LogP contribution in [0, 0.1) is 5.92 Å². The molecule has 3 heteroatoms. The molecule has 1 amide bonds. The van der Waals surface area contributed by atoms with Crippen molar-refractivity contribution in [2.45, 2.75) is 39.5 Å². The van der Waals surface area contributed by atoms with Gasteiger partial charge in [-0.25, -0.2) is 0 Å². The standard InChI is InChI=1S/C13H24N2O/c1-3-5-11(2)13(16)15-9-7-12-6-4-8-14-10-12/h5,12,14H,3-4,6-10H2,1-2H3,(H,15,16)/b11-5+. The molecule has 0 radical (unpaired) electrons. The number of carbonyl (C=O) groups is 1. The quantitative estimate of drug-likeness (QED) is 0.700. The molecule has 0 bridgehead atoms. The molecular formula is C13H24N2O. The highest BCUT2D eigenvalue weighted by Crippen LogP contribution is 2.12. The minimum atomic E-state index is 0.0885. The topological polar surface area (TPSA) is 41.1 Å². The molecule has 1 unspecified atom stereocenters. The van der Waals surface area contributed by atoms with Gasteiger partial charge in [-0.2, -0.15) is 0 Å². The summed E-state index contributed by atoms with van der Waals surface area (Å²) in [4.78, 5) is 11.6. The summed E-state index contributed by atoms with van der Waals surface area (Å²) in [6, 6.07) is 0. The van der Waals surface area contributed by atoms with Gasteiger partial charge in [0.1, 0.15) is 0 Å². The molecule has 1 aliphatic heterocycles. The second-order valence-corrected chi connectivity index (χ2v) is 4.55. The van der Waals surface area contributed by atoms with Crippen LogP contribution in [0.1, 0.15) is 39.5 Å². The summed E-state index contributed by atoms with van der Waals surface area (Å²) < 4.78 is 0. The highest BCUT2D eigenvalue weighted by atomic mass is 16.1. The summed E-state index contributed by atoms with van der Waals surface area (Å²) in [5.74, 6) is 0.829. The number of rotatable bonds is 5. The first-order valence-electron chi connectivity index (χ1n) is 6.39. The summed E-state index contributed by atoms with van der Waals surface area (Å²) in [6.07, 6.45) is 6.56. The van der Waals surface area contributed by atoms with Gasteiger partial charge < -0.3 is 10.6 Å². The van der Waals surface area contributed by atoms with Crippen LogP contribution in [0.25, 0.3) is 0 Å². The lowest BCUT2D eigenvalue weighted by Crippen LogP contribution is -2.33. The molecule has 0 saturated carbocycles. The van der Waals surface area contributed by atoms with E-state index in [0.29, 0.717) is 0 Å². The average molecular weight is 224 g/mol. The monoisotopic (exact) mass is 224 g/mol. The molecule has 16 heavy (non-hydrogen) atoms. The largest absolute Gasteiger partial charge is 0.352 e. The Morgan fingerprint density at radius 2 is 2.38 bits per heavy atom. The van der Waals surface area contributed by atoms with E-state index in [2.05, 4.69) is 10.6 Å². The summed E-state index contributed by atoms with van der Waals surface area (Å²) >= 11 is 0. The van der Waals surface area contributed by atoms with Gasteiger partial charge in [-0.1, -0.05) is 13.0 Å². The maximum Gasteiger partial charge on any atom is 0.246 e. The maximum absolute atomic E-state index is 11.6. The summed E-state index contributed by atoms with van der Waals surface area (Å²) in [6.45, 7) is 6.99. The molecule has 1 heterocycles. The second-order valence-electron chi connectivity index (χ2n) is 4.55. The van der Waals surface area contributed by atoms with Crippen LogP contribution in [0.5, 0.6) is 0 Å².